The Morgan fingerprint density at radius 2 is 1.86 bits per heavy atom. The summed E-state index contributed by atoms with van der Waals surface area (Å²) in [5.41, 5.74) is 2.15. The predicted octanol–water partition coefficient (Wildman–Crippen LogP) is 2.64. The van der Waals surface area contributed by atoms with E-state index in [0.717, 1.165) is 12.3 Å². The minimum atomic E-state index is -0.812. The molecule has 8 heteroatoms. The van der Waals surface area contributed by atoms with Gasteiger partial charge in [0.25, 0.3) is 11.6 Å². The monoisotopic (exact) mass is 305 g/mol. The molecule has 2 aromatic rings. The zero-order valence-corrected chi connectivity index (χ0v) is 11.0. The van der Waals surface area contributed by atoms with Gasteiger partial charge in [-0.05, 0) is 24.3 Å². The normalized spacial score (nSPS) is 10.6. The largest absolute Gasteiger partial charge is 0.271 e. The minimum absolute atomic E-state index is 0.00500. The molecule has 0 atom stereocenters. The summed E-state index contributed by atoms with van der Waals surface area (Å²) < 4.78 is 26.0. The van der Waals surface area contributed by atoms with Gasteiger partial charge in [0.1, 0.15) is 11.6 Å². The molecule has 2 rings (SSSR count). The fraction of sp³-hybridized carbons (Fsp3) is 0. The summed E-state index contributed by atoms with van der Waals surface area (Å²) >= 11 is 0. The van der Waals surface area contributed by atoms with E-state index in [1.54, 1.807) is 0 Å². The van der Waals surface area contributed by atoms with E-state index in [2.05, 4.69) is 10.5 Å². The van der Waals surface area contributed by atoms with Gasteiger partial charge in [0, 0.05) is 29.3 Å². The molecule has 0 saturated heterocycles. The molecule has 0 heterocycles. The molecule has 1 amide bonds. The molecule has 0 saturated carbocycles. The van der Waals surface area contributed by atoms with Crippen molar-refractivity contribution in [3.05, 3.63) is 75.3 Å². The fourth-order valence-electron chi connectivity index (χ4n) is 1.57. The number of halogens is 2. The molecule has 0 aromatic heterocycles. The van der Waals surface area contributed by atoms with Crippen molar-refractivity contribution in [2.45, 2.75) is 0 Å². The van der Waals surface area contributed by atoms with Crippen LogP contribution in [0, 0.1) is 21.7 Å². The first-order valence-corrected chi connectivity index (χ1v) is 6.00. The van der Waals surface area contributed by atoms with Gasteiger partial charge in [-0.25, -0.2) is 14.2 Å². The molecule has 0 unspecified atom stereocenters. The second-order valence-corrected chi connectivity index (χ2v) is 4.17. The van der Waals surface area contributed by atoms with Gasteiger partial charge in [-0.15, -0.1) is 0 Å². The third kappa shape index (κ3) is 3.69. The maximum Gasteiger partial charge on any atom is 0.271 e. The van der Waals surface area contributed by atoms with E-state index in [1.807, 2.05) is 0 Å². The Labute approximate surface area is 123 Å². The van der Waals surface area contributed by atoms with Crippen LogP contribution >= 0.6 is 0 Å². The lowest BCUT2D eigenvalue weighted by atomic mass is 10.2. The van der Waals surface area contributed by atoms with Crippen LogP contribution in [0.25, 0.3) is 0 Å². The average molecular weight is 305 g/mol. The van der Waals surface area contributed by atoms with Crippen molar-refractivity contribution in [1.29, 1.82) is 0 Å². The van der Waals surface area contributed by atoms with E-state index in [9.17, 15) is 23.7 Å². The third-order valence-electron chi connectivity index (χ3n) is 2.67. The number of hydrogen-bond donors (Lipinski definition) is 1. The van der Waals surface area contributed by atoms with Crippen LogP contribution < -0.4 is 5.43 Å². The zero-order valence-electron chi connectivity index (χ0n) is 11.0. The number of carbonyl (C=O) groups excluding carboxylic acids is 1. The van der Waals surface area contributed by atoms with Crippen LogP contribution in [0.3, 0.4) is 0 Å². The molecule has 6 nitrogen and oxygen atoms in total. The number of hydrazone groups is 1. The maximum atomic E-state index is 13.3. The van der Waals surface area contributed by atoms with Crippen LogP contribution in [0.15, 0.2) is 47.6 Å². The highest BCUT2D eigenvalue weighted by atomic mass is 19.1. The van der Waals surface area contributed by atoms with E-state index in [0.29, 0.717) is 6.07 Å². The van der Waals surface area contributed by atoms with Crippen LogP contribution in [-0.4, -0.2) is 17.0 Å². The Kier molecular flexibility index (Phi) is 4.52. The van der Waals surface area contributed by atoms with Crippen molar-refractivity contribution in [2.75, 3.05) is 0 Å². The highest BCUT2D eigenvalue weighted by Gasteiger charge is 2.08. The number of nitrogens with one attached hydrogen (secondary N) is 1. The van der Waals surface area contributed by atoms with E-state index in [-0.39, 0.29) is 16.8 Å². The smallest absolute Gasteiger partial charge is 0.267 e. The molecule has 0 aliphatic carbocycles. The van der Waals surface area contributed by atoms with Gasteiger partial charge in [-0.1, -0.05) is 0 Å². The summed E-state index contributed by atoms with van der Waals surface area (Å²) in [6, 6.07) is 7.81. The Hall–Kier alpha value is -3.16. The molecule has 0 radical (unpaired) electrons. The zero-order chi connectivity index (χ0) is 16.1. The van der Waals surface area contributed by atoms with Crippen molar-refractivity contribution in [1.82, 2.24) is 5.43 Å². The molecule has 1 N–H and O–H groups in total. The van der Waals surface area contributed by atoms with Crippen LogP contribution in [0.5, 0.6) is 0 Å². The second-order valence-electron chi connectivity index (χ2n) is 4.17. The van der Waals surface area contributed by atoms with Gasteiger partial charge in [0.2, 0.25) is 0 Å². The quantitative estimate of drug-likeness (QED) is 0.535. The van der Waals surface area contributed by atoms with Crippen LogP contribution in [0.4, 0.5) is 14.5 Å². The maximum absolute atomic E-state index is 13.3. The molecule has 112 valence electrons. The van der Waals surface area contributed by atoms with E-state index >= 15 is 0 Å². The summed E-state index contributed by atoms with van der Waals surface area (Å²) in [4.78, 5) is 21.6. The number of benzene rings is 2. The lowest BCUT2D eigenvalue weighted by Gasteiger charge is -2.00. The van der Waals surface area contributed by atoms with Gasteiger partial charge in [0.15, 0.2) is 0 Å². The Balaban J connectivity index is 2.02. The molecule has 0 bridgehead atoms. The molecule has 2 aromatic carbocycles. The highest BCUT2D eigenvalue weighted by Crippen LogP contribution is 2.11. The number of nitro benzene ring substituents is 1. The molecule has 0 fully saturated rings. The first kappa shape index (κ1) is 15.2. The Morgan fingerprint density at radius 3 is 2.45 bits per heavy atom. The van der Waals surface area contributed by atoms with Gasteiger partial charge in [-0.2, -0.15) is 5.10 Å². The molecule has 0 spiro atoms. The minimum Gasteiger partial charge on any atom is -0.267 e. The highest BCUT2D eigenvalue weighted by molar-refractivity contribution is 5.95. The van der Waals surface area contributed by atoms with Gasteiger partial charge < -0.3 is 0 Å². The SMILES string of the molecule is O=C(NN=Cc1ccc(F)cc1F)c1ccc([N+](=O)[O-])cc1. The van der Waals surface area contributed by atoms with Crippen LogP contribution in [0.2, 0.25) is 0 Å². The summed E-state index contributed by atoms with van der Waals surface area (Å²) in [5.74, 6) is -2.15. The number of carbonyl (C=O) groups is 1. The van der Waals surface area contributed by atoms with Gasteiger partial charge >= 0.3 is 0 Å². The van der Waals surface area contributed by atoms with Crippen molar-refractivity contribution in [2.24, 2.45) is 5.10 Å². The van der Waals surface area contributed by atoms with E-state index in [4.69, 9.17) is 0 Å². The van der Waals surface area contributed by atoms with Crippen molar-refractivity contribution >= 4 is 17.8 Å². The number of non-ortho nitro benzene ring substituents is 1. The summed E-state index contributed by atoms with van der Waals surface area (Å²) in [7, 11) is 0. The van der Waals surface area contributed by atoms with Crippen molar-refractivity contribution < 1.29 is 18.5 Å². The molecule has 0 aliphatic heterocycles. The molecular formula is C14H9F2N3O3. The topological polar surface area (TPSA) is 84.6 Å². The first-order valence-electron chi connectivity index (χ1n) is 6.00. The summed E-state index contributed by atoms with van der Waals surface area (Å²) in [6.45, 7) is 0. The van der Waals surface area contributed by atoms with E-state index in [1.165, 1.54) is 30.3 Å². The van der Waals surface area contributed by atoms with Crippen LogP contribution in [0.1, 0.15) is 15.9 Å². The standard InChI is InChI=1S/C14H9F2N3O3/c15-11-4-1-10(13(16)7-11)8-17-18-14(20)9-2-5-12(6-3-9)19(21)22/h1-8H,(H,18,20). The number of amides is 1. The van der Waals surface area contributed by atoms with Gasteiger partial charge in [-0.3, -0.25) is 14.9 Å². The fourth-order valence-corrected chi connectivity index (χ4v) is 1.57. The number of hydrogen-bond acceptors (Lipinski definition) is 4. The van der Waals surface area contributed by atoms with E-state index < -0.39 is 22.5 Å². The predicted molar refractivity (Wildman–Crippen MR) is 74.5 cm³/mol. The molecule has 22 heavy (non-hydrogen) atoms. The lowest BCUT2D eigenvalue weighted by Crippen LogP contribution is -2.17. The summed E-state index contributed by atoms with van der Waals surface area (Å²) in [5, 5.41) is 14.0. The third-order valence-corrected chi connectivity index (χ3v) is 2.67. The molecule has 0 aliphatic rings. The van der Waals surface area contributed by atoms with Crippen LogP contribution in [-0.2, 0) is 0 Å². The summed E-state index contributed by atoms with van der Waals surface area (Å²) in [6.07, 6.45) is 1.03. The average Bonchev–Trinajstić information content (AvgIpc) is 2.49. The molecular weight excluding hydrogens is 296 g/mol. The Morgan fingerprint density at radius 1 is 1.18 bits per heavy atom. The van der Waals surface area contributed by atoms with Gasteiger partial charge in [0.05, 0.1) is 11.1 Å². The number of rotatable bonds is 4. The second kappa shape index (κ2) is 6.53. The number of nitro groups is 1. The van der Waals surface area contributed by atoms with Crippen molar-refractivity contribution in [3.63, 3.8) is 0 Å². The van der Waals surface area contributed by atoms with Crippen molar-refractivity contribution in [3.8, 4) is 0 Å². The first-order chi connectivity index (χ1) is 10.5. The number of nitrogens with zero attached hydrogens (tertiary/aromatic N) is 2. The Bertz CT molecular complexity index is 745. The lowest BCUT2D eigenvalue weighted by molar-refractivity contribution is -0.384.